The van der Waals surface area contributed by atoms with Crippen LogP contribution >= 0.6 is 0 Å². The van der Waals surface area contributed by atoms with Crippen molar-refractivity contribution in [1.82, 2.24) is 0 Å². The fourth-order valence-corrected chi connectivity index (χ4v) is 3.64. The van der Waals surface area contributed by atoms with Crippen LogP contribution in [0.3, 0.4) is 0 Å². The van der Waals surface area contributed by atoms with Crippen molar-refractivity contribution >= 4 is 16.1 Å². The molecule has 0 aliphatic carbocycles. The highest BCUT2D eigenvalue weighted by atomic mass is 32.2. The van der Waals surface area contributed by atoms with Crippen molar-refractivity contribution < 1.29 is 27.2 Å². The first kappa shape index (κ1) is 15.3. The molecule has 0 unspecified atom stereocenters. The second-order valence-corrected chi connectivity index (χ2v) is 7.62. The van der Waals surface area contributed by atoms with E-state index in [-0.39, 0.29) is 24.4 Å². The van der Waals surface area contributed by atoms with E-state index in [1.807, 2.05) is 12.1 Å². The van der Waals surface area contributed by atoms with Crippen LogP contribution in [0.25, 0.3) is 0 Å². The standard InChI is InChI=1S/C17H14O6S/c1-24(20,21)22-8-9-2-4-11-13(6-9)15-12-5-3-10(17(18)19)7-14(12)16(11)23-15/h2-7,15-16H,8H2,1H3,(H,18,19)/t15-,16-/m0/s1. The van der Waals surface area contributed by atoms with Crippen LogP contribution in [-0.4, -0.2) is 25.7 Å². The molecular formula is C17H14O6S. The number of benzene rings is 2. The molecule has 0 aromatic heterocycles. The minimum Gasteiger partial charge on any atom is -0.478 e. The Bertz CT molecular complexity index is 963. The third-order valence-electron chi connectivity index (χ3n) is 4.33. The molecule has 0 fully saturated rings. The monoisotopic (exact) mass is 346 g/mol. The minimum atomic E-state index is -3.50. The number of ether oxygens (including phenoxy) is 1. The Morgan fingerprint density at radius 1 is 1.08 bits per heavy atom. The zero-order valence-corrected chi connectivity index (χ0v) is 13.5. The average molecular weight is 346 g/mol. The van der Waals surface area contributed by atoms with Gasteiger partial charge < -0.3 is 9.84 Å². The maximum Gasteiger partial charge on any atom is 0.335 e. The topological polar surface area (TPSA) is 89.9 Å². The lowest BCUT2D eigenvalue weighted by atomic mass is 9.84. The van der Waals surface area contributed by atoms with E-state index >= 15 is 0 Å². The molecule has 0 amide bonds. The second-order valence-electron chi connectivity index (χ2n) is 5.97. The molecule has 0 spiro atoms. The lowest BCUT2D eigenvalue weighted by Crippen LogP contribution is -2.07. The highest BCUT2D eigenvalue weighted by molar-refractivity contribution is 7.85. The summed E-state index contributed by atoms with van der Waals surface area (Å²) in [6, 6.07) is 10.6. The Morgan fingerprint density at radius 3 is 2.33 bits per heavy atom. The van der Waals surface area contributed by atoms with Crippen LogP contribution in [-0.2, 0) is 25.6 Å². The molecule has 2 aliphatic rings. The van der Waals surface area contributed by atoms with E-state index in [0.717, 1.165) is 34.1 Å². The van der Waals surface area contributed by atoms with Crippen molar-refractivity contribution in [3.63, 3.8) is 0 Å². The molecule has 0 saturated heterocycles. The largest absolute Gasteiger partial charge is 0.478 e. The van der Waals surface area contributed by atoms with Gasteiger partial charge in [0, 0.05) is 0 Å². The first-order valence-electron chi connectivity index (χ1n) is 7.33. The third kappa shape index (κ3) is 2.41. The summed E-state index contributed by atoms with van der Waals surface area (Å²) in [4.78, 5) is 11.1. The number of aromatic carboxylic acids is 1. The lowest BCUT2D eigenvalue weighted by Gasteiger charge is -2.17. The summed E-state index contributed by atoms with van der Waals surface area (Å²) >= 11 is 0. The molecule has 124 valence electrons. The molecule has 2 aromatic carbocycles. The van der Waals surface area contributed by atoms with Gasteiger partial charge in [-0.05, 0) is 39.9 Å². The van der Waals surface area contributed by atoms with E-state index in [4.69, 9.17) is 14.0 Å². The fraction of sp³-hybridized carbons (Fsp3) is 0.235. The summed E-state index contributed by atoms with van der Waals surface area (Å²) in [6.45, 7) is -0.0195. The van der Waals surface area contributed by atoms with Gasteiger partial charge in [-0.3, -0.25) is 4.18 Å². The fourth-order valence-electron chi connectivity index (χ4n) is 3.29. The summed E-state index contributed by atoms with van der Waals surface area (Å²) in [5.74, 6) is -0.964. The molecule has 2 heterocycles. The quantitative estimate of drug-likeness (QED) is 0.855. The molecule has 1 N–H and O–H groups in total. The van der Waals surface area contributed by atoms with Gasteiger partial charge >= 0.3 is 5.97 Å². The van der Waals surface area contributed by atoms with E-state index in [2.05, 4.69) is 0 Å². The summed E-state index contributed by atoms with van der Waals surface area (Å²) in [5, 5.41) is 9.14. The van der Waals surface area contributed by atoms with Gasteiger partial charge in [0.25, 0.3) is 10.1 Å². The van der Waals surface area contributed by atoms with Gasteiger partial charge in [-0.1, -0.05) is 24.3 Å². The van der Waals surface area contributed by atoms with Crippen molar-refractivity contribution in [3.05, 3.63) is 69.8 Å². The van der Waals surface area contributed by atoms with Crippen molar-refractivity contribution in [2.24, 2.45) is 0 Å². The predicted molar refractivity (Wildman–Crippen MR) is 84.2 cm³/mol. The number of carboxylic acid groups (broad SMARTS) is 1. The van der Waals surface area contributed by atoms with E-state index in [0.29, 0.717) is 0 Å². The van der Waals surface area contributed by atoms with Crippen molar-refractivity contribution in [2.45, 2.75) is 18.8 Å². The summed E-state index contributed by atoms with van der Waals surface area (Å²) in [6.07, 6.45) is 0.493. The molecule has 2 atom stereocenters. The molecule has 6 nitrogen and oxygen atoms in total. The zero-order chi connectivity index (χ0) is 17.1. The van der Waals surface area contributed by atoms with E-state index < -0.39 is 16.1 Å². The predicted octanol–water partition coefficient (Wildman–Crippen LogP) is 2.38. The van der Waals surface area contributed by atoms with Crippen LogP contribution in [0, 0.1) is 0 Å². The van der Waals surface area contributed by atoms with Gasteiger partial charge in [0.1, 0.15) is 12.2 Å². The number of hydrogen-bond acceptors (Lipinski definition) is 5. The van der Waals surface area contributed by atoms with Crippen LogP contribution in [0.15, 0.2) is 36.4 Å². The Balaban J connectivity index is 1.68. The van der Waals surface area contributed by atoms with Crippen LogP contribution in [0.4, 0.5) is 0 Å². The molecule has 2 aromatic rings. The molecular weight excluding hydrogens is 332 g/mol. The number of carbonyl (C=O) groups is 1. The maximum absolute atomic E-state index is 11.1. The average Bonchev–Trinajstić information content (AvgIpc) is 3.08. The Kier molecular flexibility index (Phi) is 3.28. The van der Waals surface area contributed by atoms with Gasteiger partial charge in [0.05, 0.1) is 18.4 Å². The van der Waals surface area contributed by atoms with Gasteiger partial charge in [-0.25, -0.2) is 4.79 Å². The summed E-state index contributed by atoms with van der Waals surface area (Å²) < 4.78 is 33.1. The van der Waals surface area contributed by atoms with Crippen LogP contribution in [0.5, 0.6) is 0 Å². The number of fused-ring (bicyclic) bond motifs is 8. The highest BCUT2D eigenvalue weighted by Crippen LogP contribution is 2.54. The minimum absolute atomic E-state index is 0.0195. The second kappa shape index (κ2) is 5.14. The molecule has 2 bridgehead atoms. The molecule has 0 radical (unpaired) electrons. The summed E-state index contributed by atoms with van der Waals surface area (Å²) in [7, 11) is -3.50. The number of carboxylic acids is 1. The van der Waals surface area contributed by atoms with Crippen LogP contribution in [0.2, 0.25) is 0 Å². The Hall–Kier alpha value is -2.22. The van der Waals surface area contributed by atoms with Crippen molar-refractivity contribution in [3.8, 4) is 0 Å². The normalized spacial score (nSPS) is 20.7. The van der Waals surface area contributed by atoms with Gasteiger partial charge in [0.15, 0.2) is 0 Å². The molecule has 24 heavy (non-hydrogen) atoms. The molecule has 0 saturated carbocycles. The van der Waals surface area contributed by atoms with E-state index in [1.165, 1.54) is 0 Å². The van der Waals surface area contributed by atoms with Gasteiger partial charge in [0.2, 0.25) is 0 Å². The number of rotatable bonds is 4. The highest BCUT2D eigenvalue weighted by Gasteiger charge is 2.42. The maximum atomic E-state index is 11.1. The molecule has 4 rings (SSSR count). The first-order chi connectivity index (χ1) is 11.3. The third-order valence-corrected chi connectivity index (χ3v) is 4.87. The summed E-state index contributed by atoms with van der Waals surface area (Å²) in [5.41, 5.74) is 4.79. The van der Waals surface area contributed by atoms with Gasteiger partial charge in [-0.15, -0.1) is 0 Å². The van der Waals surface area contributed by atoms with Crippen LogP contribution < -0.4 is 0 Å². The lowest BCUT2D eigenvalue weighted by molar-refractivity contribution is 0.0696. The van der Waals surface area contributed by atoms with E-state index in [1.54, 1.807) is 24.3 Å². The zero-order valence-electron chi connectivity index (χ0n) is 12.7. The SMILES string of the molecule is CS(=O)(=O)OCc1ccc2c(c1)[C@H]1O[C@@H]2c2cc(C(=O)O)ccc21. The smallest absolute Gasteiger partial charge is 0.335 e. The van der Waals surface area contributed by atoms with E-state index in [9.17, 15) is 13.2 Å². The molecule has 2 aliphatic heterocycles. The van der Waals surface area contributed by atoms with Gasteiger partial charge in [-0.2, -0.15) is 8.42 Å². The van der Waals surface area contributed by atoms with Crippen molar-refractivity contribution in [1.29, 1.82) is 0 Å². The first-order valence-corrected chi connectivity index (χ1v) is 9.15. The Morgan fingerprint density at radius 2 is 1.71 bits per heavy atom. The number of hydrogen-bond donors (Lipinski definition) is 1. The molecule has 7 heteroatoms. The Labute approximate surface area is 138 Å². The van der Waals surface area contributed by atoms with Crippen LogP contribution in [0.1, 0.15) is 50.4 Å². The van der Waals surface area contributed by atoms with Crippen molar-refractivity contribution in [2.75, 3.05) is 6.26 Å².